The molecule has 0 fully saturated rings. The van der Waals surface area contributed by atoms with Gasteiger partial charge in [0.15, 0.2) is 0 Å². The number of benzene rings is 1. The highest BCUT2D eigenvalue weighted by Crippen LogP contribution is 2.26. The first kappa shape index (κ1) is 17.3. The molecule has 0 atom stereocenters. The van der Waals surface area contributed by atoms with Crippen molar-refractivity contribution in [3.8, 4) is 21.8 Å². The van der Waals surface area contributed by atoms with Crippen molar-refractivity contribution in [2.45, 2.75) is 6.54 Å². The molecular formula is C18H14N6OS2. The first-order chi connectivity index (χ1) is 13.3. The van der Waals surface area contributed by atoms with E-state index in [4.69, 9.17) is 0 Å². The van der Waals surface area contributed by atoms with Crippen molar-refractivity contribution >= 4 is 33.8 Å². The molecule has 0 saturated carbocycles. The Morgan fingerprint density at radius 3 is 2.63 bits per heavy atom. The number of hydrogen-bond donors (Lipinski definition) is 2. The van der Waals surface area contributed by atoms with Crippen LogP contribution >= 0.6 is 22.7 Å². The van der Waals surface area contributed by atoms with Crippen LogP contribution in [0, 0.1) is 0 Å². The second kappa shape index (κ2) is 8.02. The van der Waals surface area contributed by atoms with Crippen molar-refractivity contribution in [3.63, 3.8) is 0 Å². The van der Waals surface area contributed by atoms with Gasteiger partial charge in [-0.2, -0.15) is 0 Å². The number of nitrogens with zero attached hydrogens (tertiary/aromatic N) is 4. The summed E-state index contributed by atoms with van der Waals surface area (Å²) in [5.41, 5.74) is 2.84. The summed E-state index contributed by atoms with van der Waals surface area (Å²) >= 11 is 2.82. The van der Waals surface area contributed by atoms with Gasteiger partial charge in [0.25, 0.3) is 0 Å². The lowest BCUT2D eigenvalue weighted by Gasteiger charge is -2.02. The number of urea groups is 1. The van der Waals surface area contributed by atoms with E-state index < -0.39 is 0 Å². The van der Waals surface area contributed by atoms with E-state index in [-0.39, 0.29) is 6.03 Å². The lowest BCUT2D eigenvalue weighted by molar-refractivity contribution is 0.251. The van der Waals surface area contributed by atoms with Crippen LogP contribution in [0.1, 0.15) is 5.01 Å². The van der Waals surface area contributed by atoms with Crippen LogP contribution in [-0.4, -0.2) is 26.2 Å². The fourth-order valence-electron chi connectivity index (χ4n) is 2.32. The number of anilines is 1. The van der Waals surface area contributed by atoms with Crippen molar-refractivity contribution in [2.24, 2.45) is 0 Å². The second-order valence-corrected chi connectivity index (χ2v) is 7.37. The molecule has 1 aromatic carbocycles. The van der Waals surface area contributed by atoms with E-state index >= 15 is 0 Å². The molecule has 0 unspecified atom stereocenters. The fourth-order valence-corrected chi connectivity index (χ4v) is 3.80. The summed E-state index contributed by atoms with van der Waals surface area (Å²) in [7, 11) is 0. The van der Waals surface area contributed by atoms with E-state index in [2.05, 4.69) is 30.8 Å². The Bertz CT molecular complexity index is 1030. The summed E-state index contributed by atoms with van der Waals surface area (Å²) < 4.78 is 0. The van der Waals surface area contributed by atoms with E-state index in [0.29, 0.717) is 11.7 Å². The van der Waals surface area contributed by atoms with Gasteiger partial charge < -0.3 is 5.32 Å². The molecule has 7 nitrogen and oxygen atoms in total. The van der Waals surface area contributed by atoms with Crippen molar-refractivity contribution < 1.29 is 4.79 Å². The monoisotopic (exact) mass is 394 g/mol. The summed E-state index contributed by atoms with van der Waals surface area (Å²) in [5, 5.41) is 17.6. The second-order valence-electron chi connectivity index (χ2n) is 5.45. The van der Waals surface area contributed by atoms with Gasteiger partial charge in [0.1, 0.15) is 10.0 Å². The van der Waals surface area contributed by atoms with Crippen LogP contribution < -0.4 is 10.6 Å². The van der Waals surface area contributed by atoms with Gasteiger partial charge in [-0.05, 0) is 12.1 Å². The zero-order valence-electron chi connectivity index (χ0n) is 14.0. The first-order valence-electron chi connectivity index (χ1n) is 8.06. The van der Waals surface area contributed by atoms with Gasteiger partial charge in [0.2, 0.25) is 5.13 Å². The summed E-state index contributed by atoms with van der Waals surface area (Å²) in [6, 6.07) is 13.2. The molecule has 0 aliphatic rings. The summed E-state index contributed by atoms with van der Waals surface area (Å²) in [6.07, 6.45) is 3.46. The van der Waals surface area contributed by atoms with Crippen LogP contribution in [0.25, 0.3) is 21.8 Å². The Labute approximate surface area is 163 Å². The smallest absolute Gasteiger partial charge is 0.321 e. The lowest BCUT2D eigenvalue weighted by Crippen LogP contribution is -2.28. The van der Waals surface area contributed by atoms with E-state index in [1.165, 1.54) is 22.7 Å². The molecule has 134 valence electrons. The molecule has 27 heavy (non-hydrogen) atoms. The van der Waals surface area contributed by atoms with Crippen LogP contribution in [0.3, 0.4) is 0 Å². The summed E-state index contributed by atoms with van der Waals surface area (Å²) in [4.78, 5) is 20.6. The van der Waals surface area contributed by atoms with Crippen molar-refractivity contribution in [1.82, 2.24) is 25.5 Å². The summed E-state index contributed by atoms with van der Waals surface area (Å²) in [5.74, 6) is 0. The predicted molar refractivity (Wildman–Crippen MR) is 107 cm³/mol. The van der Waals surface area contributed by atoms with Crippen LogP contribution in [0.15, 0.2) is 60.2 Å². The highest BCUT2D eigenvalue weighted by molar-refractivity contribution is 7.18. The number of rotatable bonds is 5. The Kier molecular flexibility index (Phi) is 5.13. The quantitative estimate of drug-likeness (QED) is 0.533. The van der Waals surface area contributed by atoms with E-state index in [9.17, 15) is 4.79 Å². The minimum atomic E-state index is -0.341. The van der Waals surface area contributed by atoms with Crippen molar-refractivity contribution in [2.75, 3.05) is 5.32 Å². The number of thiazole rings is 1. The van der Waals surface area contributed by atoms with E-state index in [1.807, 2.05) is 47.8 Å². The fraction of sp³-hybridized carbons (Fsp3) is 0.0556. The first-order valence-corrected chi connectivity index (χ1v) is 9.76. The average Bonchev–Trinajstić information content (AvgIpc) is 3.37. The minimum Gasteiger partial charge on any atom is -0.331 e. The molecule has 0 aliphatic carbocycles. The number of nitrogens with one attached hydrogen (secondary N) is 2. The standard InChI is InChI=1S/C18H14N6OS2/c25-17(22-18-24-23-16(27-18)13-4-2-1-3-5-13)20-10-15-21-14(11-26-15)12-6-8-19-9-7-12/h1-9,11H,10H2,(H2,20,22,24,25). The Morgan fingerprint density at radius 1 is 1.00 bits per heavy atom. The van der Waals surface area contributed by atoms with Crippen LogP contribution in [-0.2, 0) is 6.54 Å². The summed E-state index contributed by atoms with van der Waals surface area (Å²) in [6.45, 7) is 0.339. The van der Waals surface area contributed by atoms with Crippen LogP contribution in [0.5, 0.6) is 0 Å². The topological polar surface area (TPSA) is 92.7 Å². The molecule has 4 aromatic rings. The Morgan fingerprint density at radius 2 is 1.81 bits per heavy atom. The van der Waals surface area contributed by atoms with Gasteiger partial charge in [-0.15, -0.1) is 21.5 Å². The Hall–Kier alpha value is -3.17. The number of carbonyl (C=O) groups is 1. The van der Waals surface area contributed by atoms with Crippen LogP contribution in [0.4, 0.5) is 9.93 Å². The van der Waals surface area contributed by atoms with Crippen molar-refractivity contribution in [3.05, 3.63) is 65.2 Å². The molecule has 3 heterocycles. The maximum atomic E-state index is 12.1. The SMILES string of the molecule is O=C(NCc1nc(-c2ccncc2)cs1)Nc1nnc(-c2ccccc2)s1. The number of pyridine rings is 1. The molecule has 9 heteroatoms. The predicted octanol–water partition coefficient (Wildman–Crippen LogP) is 4.05. The molecule has 0 bridgehead atoms. The minimum absolute atomic E-state index is 0.339. The number of amides is 2. The molecule has 0 radical (unpaired) electrons. The zero-order chi connectivity index (χ0) is 18.5. The number of aromatic nitrogens is 4. The average molecular weight is 394 g/mol. The molecule has 0 spiro atoms. The maximum absolute atomic E-state index is 12.1. The van der Waals surface area contributed by atoms with Gasteiger partial charge >= 0.3 is 6.03 Å². The van der Waals surface area contributed by atoms with Gasteiger partial charge in [-0.1, -0.05) is 41.7 Å². The molecule has 0 aliphatic heterocycles. The normalized spacial score (nSPS) is 10.5. The third-order valence-corrected chi connectivity index (χ3v) is 5.33. The van der Waals surface area contributed by atoms with Gasteiger partial charge in [-0.3, -0.25) is 10.3 Å². The van der Waals surface area contributed by atoms with Crippen LogP contribution in [0.2, 0.25) is 0 Å². The highest BCUT2D eigenvalue weighted by Gasteiger charge is 2.10. The van der Waals surface area contributed by atoms with Gasteiger partial charge in [0, 0.05) is 28.9 Å². The zero-order valence-corrected chi connectivity index (χ0v) is 15.6. The van der Waals surface area contributed by atoms with E-state index in [0.717, 1.165) is 26.8 Å². The number of hydrogen-bond acceptors (Lipinski definition) is 7. The molecule has 0 saturated heterocycles. The van der Waals surface area contributed by atoms with Crippen molar-refractivity contribution in [1.29, 1.82) is 0 Å². The lowest BCUT2D eigenvalue weighted by atomic mass is 10.2. The maximum Gasteiger partial charge on any atom is 0.321 e. The molecule has 2 amide bonds. The molecule has 3 aromatic heterocycles. The largest absolute Gasteiger partial charge is 0.331 e. The highest BCUT2D eigenvalue weighted by atomic mass is 32.1. The van der Waals surface area contributed by atoms with E-state index in [1.54, 1.807) is 12.4 Å². The third-order valence-electron chi connectivity index (χ3n) is 3.59. The van der Waals surface area contributed by atoms with Gasteiger partial charge in [0.05, 0.1) is 12.2 Å². The number of carbonyl (C=O) groups excluding carboxylic acids is 1. The van der Waals surface area contributed by atoms with Gasteiger partial charge in [-0.25, -0.2) is 9.78 Å². The Balaban J connectivity index is 1.33. The molecule has 4 rings (SSSR count). The molecular weight excluding hydrogens is 380 g/mol. The third kappa shape index (κ3) is 4.33. The molecule has 2 N–H and O–H groups in total.